The number of fused-ring (bicyclic) bond motifs is 10. The Labute approximate surface area is 351 Å². The van der Waals surface area contributed by atoms with Gasteiger partial charge in [-0.05, 0) is 69.4 Å². The summed E-state index contributed by atoms with van der Waals surface area (Å²) in [7, 11) is 0. The highest BCUT2D eigenvalue weighted by Crippen LogP contribution is 2.56. The van der Waals surface area contributed by atoms with E-state index < -0.39 is 23.3 Å². The molecule has 8 aromatic rings. The van der Waals surface area contributed by atoms with E-state index in [4.69, 9.17) is 4.99 Å². The first kappa shape index (κ1) is 34.4. The van der Waals surface area contributed by atoms with Crippen molar-refractivity contribution in [1.82, 2.24) is 0 Å². The first-order chi connectivity index (χ1) is 30.2. The lowest BCUT2D eigenvalue weighted by Gasteiger charge is -2.41. The fourth-order valence-electron chi connectivity index (χ4n) is 10.6. The lowest BCUT2D eigenvalue weighted by molar-refractivity contribution is -0.109. The summed E-state index contributed by atoms with van der Waals surface area (Å²) >= 11 is 0. The Morgan fingerprint density at radius 1 is 0.516 bits per heavy atom. The molecule has 2 atom stereocenters. The summed E-state index contributed by atoms with van der Waals surface area (Å²) in [6.45, 7) is 0. The van der Waals surface area contributed by atoms with Crippen molar-refractivity contribution in [3.63, 3.8) is 0 Å². The fourth-order valence-corrected chi connectivity index (χ4v) is 10.6. The normalized spacial score (nSPS) is 20.1. The molecule has 0 fully saturated rings. The van der Waals surface area contributed by atoms with E-state index in [0.717, 1.165) is 71.9 Å². The van der Waals surface area contributed by atoms with E-state index in [1.54, 1.807) is 24.3 Å². The molecule has 0 radical (unpaired) electrons. The van der Waals surface area contributed by atoms with Gasteiger partial charge in [-0.25, -0.2) is 14.6 Å². The number of carboxylic acids is 2. The predicted octanol–water partition coefficient (Wildman–Crippen LogP) is 8.74. The van der Waals surface area contributed by atoms with Gasteiger partial charge in [0, 0.05) is 55.2 Å². The van der Waals surface area contributed by atoms with E-state index in [9.17, 15) is 29.7 Å². The zero-order valence-corrected chi connectivity index (χ0v) is 32.4. The number of aliphatic hydroxyl groups is 1. The molecule has 6 N–H and O–H groups in total. The van der Waals surface area contributed by atoms with Gasteiger partial charge in [0.25, 0.3) is 0 Å². The van der Waals surface area contributed by atoms with Crippen LogP contribution in [0.15, 0.2) is 156 Å². The zero-order chi connectivity index (χ0) is 41.8. The molecule has 0 saturated heterocycles. The molecule has 2 heterocycles. The third kappa shape index (κ3) is 4.17. The number of anilines is 3. The molecule has 8 aromatic carbocycles. The molecule has 294 valence electrons. The lowest BCUT2D eigenvalue weighted by Crippen LogP contribution is -2.45. The number of aliphatic hydroxyl groups excluding tert-OH is 1. The Bertz CT molecular complexity index is 3690. The number of nitrogens with zero attached hydrogens (tertiary/aromatic N) is 1. The van der Waals surface area contributed by atoms with Crippen LogP contribution in [0.25, 0.3) is 54.9 Å². The summed E-state index contributed by atoms with van der Waals surface area (Å²) in [5.41, 5.74) is 7.57. The number of rotatable bonds is 3. The summed E-state index contributed by atoms with van der Waals surface area (Å²) in [5, 5.41) is 48.0. The number of Topliss-reactive ketones (excluding diaryl/α,β-unsaturated/α-hetero) is 1. The fraction of sp³-hybridized carbons (Fsp3) is 0.0385. The molecule has 0 bridgehead atoms. The number of nitrogens with one attached hydrogen (secondary N) is 3. The van der Waals surface area contributed by atoms with Crippen molar-refractivity contribution in [2.45, 2.75) is 11.3 Å². The van der Waals surface area contributed by atoms with Crippen LogP contribution in [0.2, 0.25) is 0 Å². The maximum absolute atomic E-state index is 15.0. The summed E-state index contributed by atoms with van der Waals surface area (Å²) in [4.78, 5) is 45.1. The van der Waals surface area contributed by atoms with Crippen LogP contribution in [0.5, 0.6) is 0 Å². The highest BCUT2D eigenvalue weighted by atomic mass is 16.4. The standard InChI is InChI=1S/C52H30N4O6/c57-47-43(33-21-15-25-7-5-13-39-41(25)45(33)55-51(53-39)35-11-3-1-9-29(35)31-19-17-27(49(59)60)23-37(31)51)48(58)44(47)34-22-16-26-8-6-14-40-42(26)46(34)56-52(54-40)36-12-4-2-10-30(36)32-20-18-28(50(61)62)24-38(32)52/h1-24,53-55,57H,(H,59,60)(H,61,62). The molecule has 0 aromatic heterocycles. The highest BCUT2D eigenvalue weighted by molar-refractivity contribution is 6.52. The Morgan fingerprint density at radius 3 is 1.81 bits per heavy atom. The van der Waals surface area contributed by atoms with Crippen LogP contribution in [-0.2, 0) is 16.1 Å². The SMILES string of the molecule is O=C1C(c2ccc3cccc4c3c2NC2(N4)c3ccccc3-c3ccc(C(=O)O)cc32)=C(O)C1=c1ccc2cccc3c2c1=NC1(N3)c2ccccc2-c2ccc(C(=O)O)cc21. The molecular weight excluding hydrogens is 777 g/mol. The predicted molar refractivity (Wildman–Crippen MR) is 237 cm³/mol. The maximum Gasteiger partial charge on any atom is 0.335 e. The second-order valence-corrected chi connectivity index (χ2v) is 16.4. The molecule has 10 nitrogen and oxygen atoms in total. The van der Waals surface area contributed by atoms with Crippen LogP contribution in [-0.4, -0.2) is 33.0 Å². The van der Waals surface area contributed by atoms with Gasteiger partial charge in [0.2, 0.25) is 5.78 Å². The van der Waals surface area contributed by atoms with Gasteiger partial charge in [0.15, 0.2) is 11.3 Å². The number of hydrogen-bond acceptors (Lipinski definition) is 8. The Kier molecular flexibility index (Phi) is 6.44. The Balaban J connectivity index is 1.06. The Morgan fingerprint density at radius 2 is 1.10 bits per heavy atom. The van der Waals surface area contributed by atoms with Crippen LogP contribution < -0.4 is 26.5 Å². The van der Waals surface area contributed by atoms with Crippen LogP contribution in [0.3, 0.4) is 0 Å². The van der Waals surface area contributed by atoms with Gasteiger partial charge < -0.3 is 31.3 Å². The number of carbonyl (C=O) groups excluding carboxylic acids is 1. The van der Waals surface area contributed by atoms with E-state index in [1.165, 1.54) is 0 Å². The van der Waals surface area contributed by atoms with E-state index in [-0.39, 0.29) is 33.8 Å². The van der Waals surface area contributed by atoms with Crippen molar-refractivity contribution in [2.24, 2.45) is 4.99 Å². The van der Waals surface area contributed by atoms with Gasteiger partial charge in [-0.3, -0.25) is 4.79 Å². The molecule has 0 saturated carbocycles. The molecule has 2 spiro atoms. The number of aromatic carboxylic acids is 2. The third-order valence-electron chi connectivity index (χ3n) is 13.3. The topological polar surface area (TPSA) is 160 Å². The number of carbonyl (C=O) groups is 3. The molecule has 3 aliphatic carbocycles. The summed E-state index contributed by atoms with van der Waals surface area (Å²) in [5.74, 6) is -2.63. The quantitative estimate of drug-likeness (QED) is 0.103. The van der Waals surface area contributed by atoms with Crippen molar-refractivity contribution >= 4 is 67.5 Å². The van der Waals surface area contributed by atoms with Crippen molar-refractivity contribution in [3.8, 4) is 22.3 Å². The van der Waals surface area contributed by atoms with E-state index in [1.807, 2.05) is 121 Å². The van der Waals surface area contributed by atoms with E-state index in [2.05, 4.69) is 16.0 Å². The second kappa shape index (κ2) is 11.6. The number of hydrogen-bond donors (Lipinski definition) is 6. The van der Waals surface area contributed by atoms with E-state index in [0.29, 0.717) is 27.4 Å². The molecular formula is C52H30N4O6. The van der Waals surface area contributed by atoms with Crippen LogP contribution in [0.4, 0.5) is 17.1 Å². The third-order valence-corrected chi connectivity index (χ3v) is 13.3. The summed E-state index contributed by atoms with van der Waals surface area (Å²) in [6, 6.07) is 45.3. The number of carboxylic acid groups (broad SMARTS) is 2. The van der Waals surface area contributed by atoms with E-state index >= 15 is 0 Å². The molecule has 10 heteroatoms. The number of benzene rings is 8. The maximum atomic E-state index is 15.0. The van der Waals surface area contributed by atoms with Crippen molar-refractivity contribution in [2.75, 3.05) is 16.0 Å². The highest BCUT2D eigenvalue weighted by Gasteiger charge is 2.49. The number of allylic oxidation sites excluding steroid dienone is 2. The van der Waals surface area contributed by atoms with Crippen molar-refractivity contribution < 1.29 is 29.7 Å². The van der Waals surface area contributed by atoms with Gasteiger partial charge in [0.1, 0.15) is 5.76 Å². The zero-order valence-electron chi connectivity index (χ0n) is 32.4. The average molecular weight is 807 g/mol. The van der Waals surface area contributed by atoms with Gasteiger partial charge in [-0.2, -0.15) is 0 Å². The monoisotopic (exact) mass is 806 g/mol. The summed E-state index contributed by atoms with van der Waals surface area (Å²) < 4.78 is 0. The minimum atomic E-state index is -1.23. The molecule has 5 aliphatic rings. The molecule has 13 rings (SSSR count). The molecule has 2 unspecified atom stereocenters. The van der Waals surface area contributed by atoms with Gasteiger partial charge in [0.05, 0.1) is 33.3 Å². The minimum absolute atomic E-state index is 0.124. The first-order valence-electron chi connectivity index (χ1n) is 20.2. The van der Waals surface area contributed by atoms with Crippen LogP contribution in [0, 0.1) is 0 Å². The first-order valence-corrected chi connectivity index (χ1v) is 20.2. The van der Waals surface area contributed by atoms with Crippen LogP contribution in [0.1, 0.15) is 48.5 Å². The second-order valence-electron chi connectivity index (χ2n) is 16.4. The minimum Gasteiger partial charge on any atom is -0.506 e. The lowest BCUT2D eigenvalue weighted by atomic mass is 9.79. The van der Waals surface area contributed by atoms with Gasteiger partial charge >= 0.3 is 11.9 Å². The largest absolute Gasteiger partial charge is 0.506 e. The number of ketones is 1. The molecule has 62 heavy (non-hydrogen) atoms. The van der Waals surface area contributed by atoms with Gasteiger partial charge in [-0.1, -0.05) is 109 Å². The van der Waals surface area contributed by atoms with Crippen molar-refractivity contribution in [1.29, 1.82) is 0 Å². The molecule has 0 amide bonds. The van der Waals surface area contributed by atoms with Gasteiger partial charge in [-0.15, -0.1) is 0 Å². The van der Waals surface area contributed by atoms with Crippen molar-refractivity contribution in [3.05, 3.63) is 201 Å². The summed E-state index contributed by atoms with van der Waals surface area (Å²) in [6.07, 6.45) is 0. The molecule has 2 aliphatic heterocycles. The Hall–Kier alpha value is -8.50. The smallest absolute Gasteiger partial charge is 0.335 e. The van der Waals surface area contributed by atoms with Crippen LogP contribution >= 0.6 is 0 Å². The average Bonchev–Trinajstić information content (AvgIpc) is 3.70.